The molecule has 8 nitrogen and oxygen atoms in total. The van der Waals surface area contributed by atoms with Crippen LogP contribution in [-0.4, -0.2) is 20.4 Å². The van der Waals surface area contributed by atoms with Crippen molar-refractivity contribution < 1.29 is 9.72 Å². The number of amides is 1. The molecule has 0 atom stereocenters. The molecule has 0 saturated carbocycles. The number of fused-ring (bicyclic) bond motifs is 1. The number of non-ortho nitro benzene ring substituents is 1. The molecule has 0 unspecified atom stereocenters. The zero-order valence-electron chi connectivity index (χ0n) is 14.2. The lowest BCUT2D eigenvalue weighted by atomic mass is 10.3. The second-order valence-electron chi connectivity index (χ2n) is 5.69. The van der Waals surface area contributed by atoms with Crippen LogP contribution < -0.4 is 10.9 Å². The third-order valence-electron chi connectivity index (χ3n) is 3.91. The highest BCUT2D eigenvalue weighted by molar-refractivity contribution is 7.18. The number of carbonyl (C=O) groups is 1. The number of hydrogen-bond donors (Lipinski definition) is 1. The Bertz CT molecular complexity index is 1050. The molecule has 2 aromatic heterocycles. The molecule has 1 aromatic carbocycles. The number of hydrogen-bond acceptors (Lipinski definition) is 6. The second-order valence-corrected chi connectivity index (χ2v) is 6.80. The number of nitro groups is 1. The number of nitrogens with one attached hydrogen (secondary N) is 1. The molecule has 1 amide bonds. The summed E-state index contributed by atoms with van der Waals surface area (Å²) in [6.45, 7) is 3.51. The molecule has 9 heteroatoms. The van der Waals surface area contributed by atoms with E-state index in [2.05, 4.69) is 10.3 Å². The monoisotopic (exact) mass is 372 g/mol. The number of benzene rings is 1. The summed E-state index contributed by atoms with van der Waals surface area (Å²) in [7, 11) is 0. The quantitative estimate of drug-likeness (QED) is 0.547. The number of anilines is 1. The van der Waals surface area contributed by atoms with Gasteiger partial charge in [0.2, 0.25) is 5.91 Å². The van der Waals surface area contributed by atoms with Gasteiger partial charge in [-0.15, -0.1) is 11.3 Å². The number of aromatic nitrogens is 2. The fourth-order valence-corrected chi connectivity index (χ4v) is 3.54. The summed E-state index contributed by atoms with van der Waals surface area (Å²) in [5, 5.41) is 13.8. The van der Waals surface area contributed by atoms with Gasteiger partial charge in [0.05, 0.1) is 10.3 Å². The molecule has 0 bridgehead atoms. The van der Waals surface area contributed by atoms with Gasteiger partial charge in [-0.05, 0) is 31.5 Å². The van der Waals surface area contributed by atoms with Crippen molar-refractivity contribution >= 4 is 38.8 Å². The van der Waals surface area contributed by atoms with Crippen molar-refractivity contribution in [3.8, 4) is 0 Å². The van der Waals surface area contributed by atoms with Crippen molar-refractivity contribution in [3.05, 3.63) is 61.5 Å². The SMILES string of the molecule is CCc1cc2c(=O)n(CC(=O)Nc3ccc([N+](=O)[O-])cc3)c(C)nc2s1. The fourth-order valence-electron chi connectivity index (χ4n) is 2.54. The van der Waals surface area contributed by atoms with Gasteiger partial charge < -0.3 is 5.32 Å². The summed E-state index contributed by atoms with van der Waals surface area (Å²) in [4.78, 5) is 41.2. The zero-order valence-corrected chi connectivity index (χ0v) is 15.0. The summed E-state index contributed by atoms with van der Waals surface area (Å²) in [5.41, 5.74) is 0.111. The average Bonchev–Trinajstić information content (AvgIpc) is 3.02. The van der Waals surface area contributed by atoms with E-state index in [1.54, 1.807) is 6.92 Å². The molecule has 0 aliphatic carbocycles. The predicted molar refractivity (Wildman–Crippen MR) is 99.7 cm³/mol. The summed E-state index contributed by atoms with van der Waals surface area (Å²) in [5.74, 6) is 0.0574. The Hall–Kier alpha value is -3.07. The van der Waals surface area contributed by atoms with Crippen LogP contribution in [-0.2, 0) is 17.8 Å². The summed E-state index contributed by atoms with van der Waals surface area (Å²) >= 11 is 1.48. The Morgan fingerprint density at radius 3 is 2.65 bits per heavy atom. The van der Waals surface area contributed by atoms with E-state index in [1.165, 1.54) is 40.2 Å². The molecular formula is C17H16N4O4S. The molecule has 1 N–H and O–H groups in total. The Morgan fingerprint density at radius 1 is 1.35 bits per heavy atom. The second kappa shape index (κ2) is 7.04. The van der Waals surface area contributed by atoms with E-state index < -0.39 is 10.8 Å². The first-order valence-corrected chi connectivity index (χ1v) is 8.75. The lowest BCUT2D eigenvalue weighted by Crippen LogP contribution is -2.29. The third kappa shape index (κ3) is 3.47. The highest BCUT2D eigenvalue weighted by atomic mass is 32.1. The van der Waals surface area contributed by atoms with Crippen molar-refractivity contribution in [1.82, 2.24) is 9.55 Å². The van der Waals surface area contributed by atoms with Gasteiger partial charge in [-0.2, -0.15) is 0 Å². The first kappa shape index (κ1) is 17.7. The Labute approximate surface area is 152 Å². The minimum atomic E-state index is -0.513. The van der Waals surface area contributed by atoms with Gasteiger partial charge >= 0.3 is 0 Å². The van der Waals surface area contributed by atoms with Gasteiger partial charge in [0.1, 0.15) is 17.2 Å². The third-order valence-corrected chi connectivity index (χ3v) is 5.08. The van der Waals surface area contributed by atoms with Crippen molar-refractivity contribution in [1.29, 1.82) is 0 Å². The first-order chi connectivity index (χ1) is 12.4. The highest BCUT2D eigenvalue weighted by Gasteiger charge is 2.14. The van der Waals surface area contributed by atoms with Crippen molar-refractivity contribution in [3.63, 3.8) is 0 Å². The summed E-state index contributed by atoms with van der Waals surface area (Å²) in [6.07, 6.45) is 0.820. The standard InChI is InChI=1S/C17H16N4O4S/c1-3-13-8-14-16(26-13)18-10(2)20(17(14)23)9-15(22)19-11-4-6-12(7-5-11)21(24)25/h4-8H,3,9H2,1-2H3,(H,19,22). The summed E-state index contributed by atoms with van der Waals surface area (Å²) < 4.78 is 1.33. The fraction of sp³-hybridized carbons (Fsp3) is 0.235. The molecule has 0 radical (unpaired) electrons. The average molecular weight is 372 g/mol. The lowest BCUT2D eigenvalue weighted by Gasteiger charge is -2.10. The number of nitro benzene ring substituents is 1. The molecule has 134 valence electrons. The van der Waals surface area contributed by atoms with Crippen molar-refractivity contribution in [2.24, 2.45) is 0 Å². The molecule has 3 aromatic rings. The molecule has 0 saturated heterocycles. The Balaban J connectivity index is 1.82. The van der Waals surface area contributed by atoms with E-state index in [0.29, 0.717) is 21.7 Å². The minimum Gasteiger partial charge on any atom is -0.325 e. The van der Waals surface area contributed by atoms with Crippen LogP contribution in [0, 0.1) is 17.0 Å². The van der Waals surface area contributed by atoms with Crippen LogP contribution in [0.4, 0.5) is 11.4 Å². The van der Waals surface area contributed by atoms with Crippen molar-refractivity contribution in [2.75, 3.05) is 5.32 Å². The Morgan fingerprint density at radius 2 is 2.04 bits per heavy atom. The van der Waals surface area contributed by atoms with Crippen LogP contribution in [0.15, 0.2) is 35.1 Å². The van der Waals surface area contributed by atoms with Crippen molar-refractivity contribution in [2.45, 2.75) is 26.8 Å². The van der Waals surface area contributed by atoms with Gasteiger partial charge in [0.15, 0.2) is 0 Å². The van der Waals surface area contributed by atoms with Gasteiger partial charge in [0.25, 0.3) is 11.2 Å². The number of rotatable bonds is 5. The molecule has 26 heavy (non-hydrogen) atoms. The Kier molecular flexibility index (Phi) is 4.81. The smallest absolute Gasteiger partial charge is 0.269 e. The van der Waals surface area contributed by atoms with E-state index in [0.717, 1.165) is 11.3 Å². The van der Waals surface area contributed by atoms with E-state index in [1.807, 2.05) is 13.0 Å². The largest absolute Gasteiger partial charge is 0.325 e. The minimum absolute atomic E-state index is 0.0612. The number of carbonyl (C=O) groups excluding carboxylic acids is 1. The zero-order chi connectivity index (χ0) is 18.8. The van der Waals surface area contributed by atoms with E-state index >= 15 is 0 Å². The normalized spacial score (nSPS) is 10.8. The van der Waals surface area contributed by atoms with Crippen LogP contribution in [0.1, 0.15) is 17.6 Å². The van der Waals surface area contributed by atoms with Crippen LogP contribution in [0.5, 0.6) is 0 Å². The number of nitrogens with zero attached hydrogens (tertiary/aromatic N) is 3. The van der Waals surface area contributed by atoms with Gasteiger partial charge in [-0.3, -0.25) is 24.3 Å². The molecule has 0 spiro atoms. The predicted octanol–water partition coefficient (Wildman–Crippen LogP) is 2.88. The number of aryl methyl sites for hydroxylation is 2. The van der Waals surface area contributed by atoms with Gasteiger partial charge in [-0.25, -0.2) is 4.98 Å². The van der Waals surface area contributed by atoms with Crippen LogP contribution >= 0.6 is 11.3 Å². The molecular weight excluding hydrogens is 356 g/mol. The van der Waals surface area contributed by atoms with Crippen LogP contribution in [0.25, 0.3) is 10.2 Å². The van der Waals surface area contributed by atoms with E-state index in [-0.39, 0.29) is 17.8 Å². The maximum absolute atomic E-state index is 12.7. The van der Waals surface area contributed by atoms with E-state index in [4.69, 9.17) is 0 Å². The molecule has 0 aliphatic heterocycles. The first-order valence-electron chi connectivity index (χ1n) is 7.93. The highest BCUT2D eigenvalue weighted by Crippen LogP contribution is 2.22. The lowest BCUT2D eigenvalue weighted by molar-refractivity contribution is -0.384. The van der Waals surface area contributed by atoms with Crippen LogP contribution in [0.3, 0.4) is 0 Å². The molecule has 0 fully saturated rings. The summed E-state index contributed by atoms with van der Waals surface area (Å²) in [6, 6.07) is 7.31. The van der Waals surface area contributed by atoms with Crippen LogP contribution in [0.2, 0.25) is 0 Å². The van der Waals surface area contributed by atoms with Gasteiger partial charge in [-0.1, -0.05) is 6.92 Å². The molecule has 0 aliphatic rings. The topological polar surface area (TPSA) is 107 Å². The molecule has 3 rings (SSSR count). The number of thiophene rings is 1. The maximum atomic E-state index is 12.7. The van der Waals surface area contributed by atoms with E-state index in [9.17, 15) is 19.7 Å². The molecule has 2 heterocycles. The van der Waals surface area contributed by atoms with Gasteiger partial charge in [0, 0.05) is 22.7 Å². The maximum Gasteiger partial charge on any atom is 0.269 e.